The van der Waals surface area contributed by atoms with Gasteiger partial charge in [0, 0.05) is 30.1 Å². The third kappa shape index (κ3) is 4.82. The number of likely N-dealkylation sites (tertiary alicyclic amines) is 1. The van der Waals surface area contributed by atoms with Crippen molar-refractivity contribution in [2.45, 2.75) is 37.3 Å². The van der Waals surface area contributed by atoms with Crippen LogP contribution in [0.25, 0.3) is 11.5 Å². The predicted octanol–water partition coefficient (Wildman–Crippen LogP) is 5.42. The lowest BCUT2D eigenvalue weighted by molar-refractivity contribution is 0.0935. The van der Waals surface area contributed by atoms with Gasteiger partial charge in [0.15, 0.2) is 11.5 Å². The van der Waals surface area contributed by atoms with E-state index in [1.165, 1.54) is 4.90 Å². The number of hydrogen-bond donors (Lipinski definition) is 0. The second-order valence-corrected chi connectivity index (χ2v) is 8.37. The van der Waals surface area contributed by atoms with Crippen LogP contribution in [0.4, 0.5) is 0 Å². The Kier molecular flexibility index (Phi) is 6.65. The number of rotatable bonds is 7. The molecule has 2 heterocycles. The Morgan fingerprint density at radius 1 is 1.07 bits per heavy atom. The summed E-state index contributed by atoms with van der Waals surface area (Å²) in [6, 6.07) is 16.2. The first-order valence-electron chi connectivity index (χ1n) is 10.3. The van der Waals surface area contributed by atoms with E-state index in [0.29, 0.717) is 5.89 Å². The number of oxazole rings is 1. The fraction of sp³-hybridized carbons (Fsp3) is 0.375. The van der Waals surface area contributed by atoms with Gasteiger partial charge in [-0.1, -0.05) is 12.1 Å². The zero-order valence-corrected chi connectivity index (χ0v) is 18.6. The van der Waals surface area contributed by atoms with Crippen LogP contribution >= 0.6 is 11.8 Å². The summed E-state index contributed by atoms with van der Waals surface area (Å²) >= 11 is 1.73. The first kappa shape index (κ1) is 20.8. The number of hydrogen-bond acceptors (Lipinski definition) is 6. The maximum atomic E-state index is 6.19. The fourth-order valence-electron chi connectivity index (χ4n) is 3.72. The van der Waals surface area contributed by atoms with Gasteiger partial charge in [-0.05, 0) is 62.4 Å². The second kappa shape index (κ2) is 9.58. The number of thioether (sulfide) groups is 1. The van der Waals surface area contributed by atoms with E-state index in [2.05, 4.69) is 35.4 Å². The molecule has 0 amide bonds. The summed E-state index contributed by atoms with van der Waals surface area (Å²) < 4.78 is 17.5. The molecule has 2 aromatic carbocycles. The SMILES string of the molecule is COc1ccccc1OC1CCN(Cc2nc(-c3ccc(SC)cc3)oc2C)CC1. The predicted molar refractivity (Wildman–Crippen MR) is 120 cm³/mol. The van der Waals surface area contributed by atoms with Gasteiger partial charge in [0.05, 0.1) is 12.8 Å². The van der Waals surface area contributed by atoms with E-state index in [4.69, 9.17) is 18.9 Å². The van der Waals surface area contributed by atoms with Gasteiger partial charge in [0.1, 0.15) is 11.9 Å². The summed E-state index contributed by atoms with van der Waals surface area (Å²) in [5, 5.41) is 0. The van der Waals surface area contributed by atoms with Gasteiger partial charge >= 0.3 is 0 Å². The van der Waals surface area contributed by atoms with Crippen LogP contribution in [-0.4, -0.2) is 42.4 Å². The molecule has 1 fully saturated rings. The highest BCUT2D eigenvalue weighted by molar-refractivity contribution is 7.98. The molecular weight excluding hydrogens is 396 g/mol. The number of aromatic nitrogens is 1. The molecular formula is C24H28N2O3S. The summed E-state index contributed by atoms with van der Waals surface area (Å²) in [5.41, 5.74) is 2.04. The van der Waals surface area contributed by atoms with E-state index < -0.39 is 0 Å². The Morgan fingerprint density at radius 3 is 2.43 bits per heavy atom. The second-order valence-electron chi connectivity index (χ2n) is 7.49. The third-order valence-corrected chi connectivity index (χ3v) is 6.24. The lowest BCUT2D eigenvalue weighted by atomic mass is 10.1. The molecule has 5 nitrogen and oxygen atoms in total. The molecule has 6 heteroatoms. The molecule has 3 aromatic rings. The molecule has 0 aliphatic carbocycles. The van der Waals surface area contributed by atoms with Crippen LogP contribution in [0.2, 0.25) is 0 Å². The first-order valence-corrected chi connectivity index (χ1v) is 11.5. The van der Waals surface area contributed by atoms with E-state index in [-0.39, 0.29) is 6.10 Å². The van der Waals surface area contributed by atoms with E-state index >= 15 is 0 Å². The topological polar surface area (TPSA) is 47.7 Å². The highest BCUT2D eigenvalue weighted by Crippen LogP contribution is 2.30. The van der Waals surface area contributed by atoms with Crippen molar-refractivity contribution in [2.24, 2.45) is 0 Å². The minimum atomic E-state index is 0.210. The summed E-state index contributed by atoms with van der Waals surface area (Å²) in [7, 11) is 1.68. The van der Waals surface area contributed by atoms with Crippen molar-refractivity contribution < 1.29 is 13.9 Å². The van der Waals surface area contributed by atoms with Crippen LogP contribution in [0.1, 0.15) is 24.3 Å². The number of piperidine rings is 1. The summed E-state index contributed by atoms with van der Waals surface area (Å²) in [4.78, 5) is 8.44. The maximum Gasteiger partial charge on any atom is 0.226 e. The summed E-state index contributed by atoms with van der Waals surface area (Å²) in [5.74, 6) is 3.20. The normalized spacial score (nSPS) is 15.3. The number of benzene rings is 2. The molecule has 1 saturated heterocycles. The van der Waals surface area contributed by atoms with Crippen LogP contribution in [0.5, 0.6) is 11.5 Å². The minimum absolute atomic E-state index is 0.210. The monoisotopic (exact) mass is 424 g/mol. The summed E-state index contributed by atoms with van der Waals surface area (Å²) in [6.07, 6.45) is 4.25. The zero-order valence-electron chi connectivity index (χ0n) is 17.8. The van der Waals surface area contributed by atoms with Gasteiger partial charge in [-0.25, -0.2) is 4.98 Å². The largest absolute Gasteiger partial charge is 0.493 e. The van der Waals surface area contributed by atoms with Crippen molar-refractivity contribution in [3.63, 3.8) is 0 Å². The fourth-order valence-corrected chi connectivity index (χ4v) is 4.13. The van der Waals surface area contributed by atoms with E-state index in [1.54, 1.807) is 18.9 Å². The first-order chi connectivity index (χ1) is 14.7. The van der Waals surface area contributed by atoms with Crippen LogP contribution < -0.4 is 9.47 Å². The Balaban J connectivity index is 1.34. The minimum Gasteiger partial charge on any atom is -0.493 e. The molecule has 0 bridgehead atoms. The molecule has 0 unspecified atom stereocenters. The molecule has 1 aliphatic heterocycles. The lowest BCUT2D eigenvalue weighted by Crippen LogP contribution is -2.38. The molecule has 4 rings (SSSR count). The van der Waals surface area contributed by atoms with E-state index in [1.807, 2.05) is 31.2 Å². The van der Waals surface area contributed by atoms with E-state index in [0.717, 1.165) is 61.0 Å². The number of methoxy groups -OCH3 is 1. The quantitative estimate of drug-likeness (QED) is 0.472. The van der Waals surface area contributed by atoms with Crippen LogP contribution in [0, 0.1) is 6.92 Å². The molecule has 0 saturated carbocycles. The maximum absolute atomic E-state index is 6.19. The molecule has 0 atom stereocenters. The Labute approximate surface area is 182 Å². The van der Waals surface area contributed by atoms with Gasteiger partial charge in [0.2, 0.25) is 5.89 Å². The summed E-state index contributed by atoms with van der Waals surface area (Å²) in [6.45, 7) is 4.76. The number of nitrogens with zero attached hydrogens (tertiary/aromatic N) is 2. The Morgan fingerprint density at radius 2 is 1.77 bits per heavy atom. The Hall–Kier alpha value is -2.44. The average molecular weight is 425 g/mol. The molecule has 1 aromatic heterocycles. The molecule has 158 valence electrons. The Bertz CT molecular complexity index is 963. The van der Waals surface area contributed by atoms with Crippen molar-refractivity contribution in [3.05, 3.63) is 60.0 Å². The number of para-hydroxylation sites is 2. The van der Waals surface area contributed by atoms with Crippen molar-refractivity contribution in [1.29, 1.82) is 0 Å². The van der Waals surface area contributed by atoms with Crippen molar-refractivity contribution in [3.8, 4) is 23.0 Å². The van der Waals surface area contributed by atoms with Crippen LogP contribution in [0.15, 0.2) is 57.8 Å². The van der Waals surface area contributed by atoms with Crippen molar-refractivity contribution in [2.75, 3.05) is 26.5 Å². The van der Waals surface area contributed by atoms with E-state index in [9.17, 15) is 0 Å². The lowest BCUT2D eigenvalue weighted by Gasteiger charge is -2.32. The molecule has 1 aliphatic rings. The van der Waals surface area contributed by atoms with Gasteiger partial charge in [-0.2, -0.15) is 0 Å². The number of ether oxygens (including phenoxy) is 2. The smallest absolute Gasteiger partial charge is 0.226 e. The van der Waals surface area contributed by atoms with Gasteiger partial charge in [-0.15, -0.1) is 11.8 Å². The van der Waals surface area contributed by atoms with Gasteiger partial charge < -0.3 is 13.9 Å². The average Bonchev–Trinajstić information content (AvgIpc) is 3.15. The molecule has 0 spiro atoms. The standard InChI is InChI=1S/C24H28N2O3S/c1-17-21(25-24(28-17)18-8-10-20(30-3)11-9-18)16-26-14-12-19(13-15-26)29-23-7-5-4-6-22(23)27-2/h4-11,19H,12-16H2,1-3H3. The van der Waals surface area contributed by atoms with Crippen molar-refractivity contribution >= 4 is 11.8 Å². The van der Waals surface area contributed by atoms with Gasteiger partial charge in [0.25, 0.3) is 0 Å². The zero-order chi connectivity index (χ0) is 20.9. The van der Waals surface area contributed by atoms with Crippen LogP contribution in [0.3, 0.4) is 0 Å². The van der Waals surface area contributed by atoms with Gasteiger partial charge in [-0.3, -0.25) is 4.90 Å². The molecule has 0 N–H and O–H groups in total. The number of aryl methyl sites for hydroxylation is 1. The highest BCUT2D eigenvalue weighted by atomic mass is 32.2. The molecule has 0 radical (unpaired) electrons. The third-order valence-electron chi connectivity index (χ3n) is 5.50. The van der Waals surface area contributed by atoms with Crippen molar-refractivity contribution in [1.82, 2.24) is 9.88 Å². The highest BCUT2D eigenvalue weighted by Gasteiger charge is 2.23. The van der Waals surface area contributed by atoms with Crippen LogP contribution in [-0.2, 0) is 6.54 Å². The molecule has 30 heavy (non-hydrogen) atoms.